The summed E-state index contributed by atoms with van der Waals surface area (Å²) >= 11 is 0. The Bertz CT molecular complexity index is 614. The van der Waals surface area contributed by atoms with Gasteiger partial charge in [-0.15, -0.1) is 0 Å². The molecular weight excluding hydrogens is 254 g/mol. The van der Waals surface area contributed by atoms with Crippen molar-refractivity contribution in [1.82, 2.24) is 4.98 Å². The van der Waals surface area contributed by atoms with E-state index in [0.717, 1.165) is 23.2 Å². The van der Waals surface area contributed by atoms with Gasteiger partial charge in [-0.1, -0.05) is 19.1 Å². The molecule has 1 heterocycles. The van der Waals surface area contributed by atoms with E-state index in [1.54, 1.807) is 24.5 Å². The molecule has 0 saturated carbocycles. The molecule has 0 spiro atoms. The zero-order chi connectivity index (χ0) is 14.5. The highest BCUT2D eigenvalue weighted by atomic mass is 16.6. The van der Waals surface area contributed by atoms with Gasteiger partial charge in [-0.05, 0) is 30.5 Å². The van der Waals surface area contributed by atoms with Crippen LogP contribution in [-0.2, 0) is 0 Å². The van der Waals surface area contributed by atoms with Crippen LogP contribution >= 0.6 is 0 Å². The average Bonchev–Trinajstić information content (AvgIpc) is 2.45. The predicted molar refractivity (Wildman–Crippen MR) is 78.7 cm³/mol. The van der Waals surface area contributed by atoms with E-state index < -0.39 is 0 Å². The van der Waals surface area contributed by atoms with E-state index in [4.69, 9.17) is 0 Å². The van der Waals surface area contributed by atoms with Crippen LogP contribution in [0.5, 0.6) is 0 Å². The lowest BCUT2D eigenvalue weighted by Crippen LogP contribution is -2.10. The lowest BCUT2D eigenvalue weighted by Gasteiger charge is -2.18. The maximum Gasteiger partial charge on any atom is 0.269 e. The molecule has 1 N–H and O–H groups in total. The quantitative estimate of drug-likeness (QED) is 0.662. The van der Waals surface area contributed by atoms with Gasteiger partial charge in [-0.3, -0.25) is 15.1 Å². The van der Waals surface area contributed by atoms with Crippen molar-refractivity contribution in [3.05, 3.63) is 64.0 Å². The summed E-state index contributed by atoms with van der Waals surface area (Å²) in [5, 5.41) is 14.2. The maximum absolute atomic E-state index is 10.8. The molecule has 0 fully saturated rings. The summed E-state index contributed by atoms with van der Waals surface area (Å²) < 4.78 is 0. The largest absolute Gasteiger partial charge is 0.377 e. The van der Waals surface area contributed by atoms with Crippen LogP contribution < -0.4 is 5.32 Å². The minimum absolute atomic E-state index is 0.0264. The first kappa shape index (κ1) is 14.0. The highest BCUT2D eigenvalue weighted by Gasteiger charge is 2.13. The number of anilines is 1. The summed E-state index contributed by atoms with van der Waals surface area (Å²) in [5.41, 5.74) is 3.01. The van der Waals surface area contributed by atoms with Crippen LogP contribution in [-0.4, -0.2) is 9.91 Å². The summed E-state index contributed by atoms with van der Waals surface area (Å²) in [6.07, 6.45) is 4.38. The third-order valence-electron chi connectivity index (χ3n) is 3.11. The number of pyridine rings is 1. The van der Waals surface area contributed by atoms with Crippen molar-refractivity contribution in [2.75, 3.05) is 5.32 Å². The fourth-order valence-corrected chi connectivity index (χ4v) is 2.11. The van der Waals surface area contributed by atoms with Crippen LogP contribution in [0.1, 0.15) is 30.5 Å². The van der Waals surface area contributed by atoms with E-state index in [-0.39, 0.29) is 16.7 Å². The predicted octanol–water partition coefficient (Wildman–Crippen LogP) is 3.86. The standard InChI is InChI=1S/C15H17N3O2/c1-3-15(17-13-7-11(2)9-16-10-13)12-5-4-6-14(8-12)18(19)20/h4-10,15,17H,3H2,1-2H3. The number of non-ortho nitro benzene ring substituents is 1. The van der Waals surface area contributed by atoms with Gasteiger partial charge < -0.3 is 5.32 Å². The molecule has 2 aromatic rings. The van der Waals surface area contributed by atoms with Gasteiger partial charge in [0.05, 0.1) is 16.7 Å². The van der Waals surface area contributed by atoms with Gasteiger partial charge in [0.1, 0.15) is 0 Å². The minimum Gasteiger partial charge on any atom is -0.377 e. The van der Waals surface area contributed by atoms with E-state index >= 15 is 0 Å². The number of hydrogen-bond acceptors (Lipinski definition) is 4. The average molecular weight is 271 g/mol. The molecule has 1 unspecified atom stereocenters. The second-order valence-corrected chi connectivity index (χ2v) is 4.71. The molecule has 0 bridgehead atoms. The molecule has 0 aliphatic rings. The normalized spacial score (nSPS) is 11.9. The molecule has 20 heavy (non-hydrogen) atoms. The SMILES string of the molecule is CCC(Nc1cncc(C)c1)c1cccc([N+](=O)[O-])c1. The molecule has 0 radical (unpaired) electrons. The Morgan fingerprint density at radius 2 is 2.15 bits per heavy atom. The fraction of sp³-hybridized carbons (Fsp3) is 0.267. The molecule has 0 saturated heterocycles. The zero-order valence-corrected chi connectivity index (χ0v) is 11.5. The van der Waals surface area contributed by atoms with E-state index in [1.807, 2.05) is 26.0 Å². The van der Waals surface area contributed by atoms with E-state index in [9.17, 15) is 10.1 Å². The van der Waals surface area contributed by atoms with Crippen molar-refractivity contribution in [3.8, 4) is 0 Å². The Kier molecular flexibility index (Phi) is 4.30. The van der Waals surface area contributed by atoms with Gasteiger partial charge in [0.25, 0.3) is 5.69 Å². The minimum atomic E-state index is -0.371. The summed E-state index contributed by atoms with van der Waals surface area (Å²) in [4.78, 5) is 14.6. The Labute approximate surface area is 117 Å². The third-order valence-corrected chi connectivity index (χ3v) is 3.11. The zero-order valence-electron chi connectivity index (χ0n) is 11.5. The number of aryl methyl sites for hydroxylation is 1. The van der Waals surface area contributed by atoms with Gasteiger partial charge in [0, 0.05) is 24.5 Å². The van der Waals surface area contributed by atoms with Crippen LogP contribution in [0, 0.1) is 17.0 Å². The van der Waals surface area contributed by atoms with Crippen LogP contribution in [0.4, 0.5) is 11.4 Å². The number of nitrogens with one attached hydrogen (secondary N) is 1. The van der Waals surface area contributed by atoms with Crippen LogP contribution in [0.25, 0.3) is 0 Å². The molecular formula is C15H17N3O2. The molecule has 0 aliphatic heterocycles. The van der Waals surface area contributed by atoms with Crippen molar-refractivity contribution in [2.45, 2.75) is 26.3 Å². The number of nitrogens with zero attached hydrogens (tertiary/aromatic N) is 2. The summed E-state index contributed by atoms with van der Waals surface area (Å²) in [6, 6.07) is 8.77. The first-order valence-corrected chi connectivity index (χ1v) is 6.52. The van der Waals surface area contributed by atoms with Crippen molar-refractivity contribution >= 4 is 11.4 Å². The van der Waals surface area contributed by atoms with Gasteiger partial charge in [-0.25, -0.2) is 0 Å². The molecule has 5 heteroatoms. The molecule has 0 aliphatic carbocycles. The molecule has 104 valence electrons. The number of nitro benzene ring substituents is 1. The van der Waals surface area contributed by atoms with Gasteiger partial charge >= 0.3 is 0 Å². The molecule has 1 aromatic heterocycles. The number of rotatable bonds is 5. The smallest absolute Gasteiger partial charge is 0.269 e. The van der Waals surface area contributed by atoms with Gasteiger partial charge in [0.15, 0.2) is 0 Å². The van der Waals surface area contributed by atoms with Crippen molar-refractivity contribution < 1.29 is 4.92 Å². The topological polar surface area (TPSA) is 68.1 Å². The number of aromatic nitrogens is 1. The lowest BCUT2D eigenvalue weighted by molar-refractivity contribution is -0.384. The maximum atomic E-state index is 10.8. The summed E-state index contributed by atoms with van der Waals surface area (Å²) in [6.45, 7) is 4.02. The van der Waals surface area contributed by atoms with Crippen molar-refractivity contribution in [2.24, 2.45) is 0 Å². The monoisotopic (exact) mass is 271 g/mol. The Balaban J connectivity index is 2.24. The Morgan fingerprint density at radius 3 is 2.80 bits per heavy atom. The van der Waals surface area contributed by atoms with Crippen molar-refractivity contribution in [1.29, 1.82) is 0 Å². The van der Waals surface area contributed by atoms with Crippen LogP contribution in [0.15, 0.2) is 42.7 Å². The van der Waals surface area contributed by atoms with Crippen molar-refractivity contribution in [3.63, 3.8) is 0 Å². The highest BCUT2D eigenvalue weighted by Crippen LogP contribution is 2.25. The number of nitro groups is 1. The first-order valence-electron chi connectivity index (χ1n) is 6.52. The van der Waals surface area contributed by atoms with E-state index in [2.05, 4.69) is 10.3 Å². The van der Waals surface area contributed by atoms with E-state index in [1.165, 1.54) is 6.07 Å². The number of hydrogen-bond donors (Lipinski definition) is 1. The summed E-state index contributed by atoms with van der Waals surface area (Å²) in [7, 11) is 0. The molecule has 2 rings (SSSR count). The Hall–Kier alpha value is -2.43. The second-order valence-electron chi connectivity index (χ2n) is 4.71. The molecule has 1 atom stereocenters. The van der Waals surface area contributed by atoms with E-state index in [0.29, 0.717) is 0 Å². The van der Waals surface area contributed by atoms with Crippen LogP contribution in [0.3, 0.4) is 0 Å². The number of benzene rings is 1. The summed E-state index contributed by atoms with van der Waals surface area (Å²) in [5.74, 6) is 0. The fourth-order valence-electron chi connectivity index (χ4n) is 2.11. The lowest BCUT2D eigenvalue weighted by atomic mass is 10.0. The third kappa shape index (κ3) is 3.32. The second kappa shape index (κ2) is 6.14. The molecule has 5 nitrogen and oxygen atoms in total. The van der Waals surface area contributed by atoms with Gasteiger partial charge in [0.2, 0.25) is 0 Å². The Morgan fingerprint density at radius 1 is 1.35 bits per heavy atom. The molecule has 1 aromatic carbocycles. The van der Waals surface area contributed by atoms with Crippen LogP contribution in [0.2, 0.25) is 0 Å². The first-order chi connectivity index (χ1) is 9.60. The highest BCUT2D eigenvalue weighted by molar-refractivity contribution is 5.46. The molecule has 0 amide bonds. The van der Waals surface area contributed by atoms with Gasteiger partial charge in [-0.2, -0.15) is 0 Å².